The summed E-state index contributed by atoms with van der Waals surface area (Å²) in [5, 5.41) is 8.84. The first kappa shape index (κ1) is 44.9. The average Bonchev–Trinajstić information content (AvgIpc) is 3.04. The highest BCUT2D eigenvalue weighted by molar-refractivity contribution is 7.47. The van der Waals surface area contributed by atoms with Crippen LogP contribution in [0.25, 0.3) is 0 Å². The van der Waals surface area contributed by atoms with E-state index in [-0.39, 0.29) is 13.0 Å². The second-order valence-corrected chi connectivity index (χ2v) is 13.1. The van der Waals surface area contributed by atoms with Gasteiger partial charge in [0.15, 0.2) is 0 Å². The summed E-state index contributed by atoms with van der Waals surface area (Å²) >= 11 is 0. The molecular weight excluding hydrogens is 621 g/mol. The van der Waals surface area contributed by atoms with Crippen molar-refractivity contribution in [2.45, 2.75) is 142 Å². The van der Waals surface area contributed by atoms with Crippen molar-refractivity contribution in [3.63, 3.8) is 0 Å². The van der Waals surface area contributed by atoms with Crippen molar-refractivity contribution in [1.82, 2.24) is 0 Å². The van der Waals surface area contributed by atoms with Gasteiger partial charge in [-0.15, -0.1) is 0 Å². The molecule has 0 amide bonds. The number of phosphoric ester groups is 1. The Morgan fingerprint density at radius 2 is 1.23 bits per heavy atom. The van der Waals surface area contributed by atoms with E-state index in [0.29, 0.717) is 13.0 Å². The molecule has 0 saturated carbocycles. The number of carboxylic acids is 1. The monoisotopic (exact) mass is 685 g/mol. The molecule has 0 aromatic rings. The minimum atomic E-state index is -4.61. The van der Waals surface area contributed by atoms with Gasteiger partial charge in [-0.1, -0.05) is 120 Å². The lowest BCUT2D eigenvalue weighted by Gasteiger charge is -2.20. The average molecular weight is 686 g/mol. The quantitative estimate of drug-likeness (QED) is 0.0264. The summed E-state index contributed by atoms with van der Waals surface area (Å²) in [6.07, 6.45) is 34.6. The highest BCUT2D eigenvalue weighted by Gasteiger charge is 2.27. The van der Waals surface area contributed by atoms with Crippen LogP contribution in [0.4, 0.5) is 0 Å². The molecule has 0 aliphatic carbocycles. The van der Waals surface area contributed by atoms with Crippen LogP contribution in [-0.4, -0.2) is 60.5 Å². The van der Waals surface area contributed by atoms with Gasteiger partial charge in [-0.2, -0.15) is 0 Å². The predicted molar refractivity (Wildman–Crippen MR) is 189 cm³/mol. The number of rotatable bonds is 33. The first-order valence-electron chi connectivity index (χ1n) is 17.7. The lowest BCUT2D eigenvalue weighted by atomic mass is 10.1. The molecule has 3 unspecified atom stereocenters. The van der Waals surface area contributed by atoms with Gasteiger partial charge in [-0.3, -0.25) is 18.6 Å². The Morgan fingerprint density at radius 3 is 1.83 bits per heavy atom. The fraction of sp³-hybridized carbons (Fsp3) is 0.722. The molecule has 0 rings (SSSR count). The number of ether oxygens (including phenoxy) is 2. The van der Waals surface area contributed by atoms with E-state index in [1.54, 1.807) is 0 Å². The van der Waals surface area contributed by atoms with Crippen molar-refractivity contribution in [2.24, 2.45) is 5.73 Å². The molecule has 0 saturated heterocycles. The molecule has 0 aromatic carbocycles. The third-order valence-electron chi connectivity index (χ3n) is 7.12. The molecular formula is C36H64NO9P. The number of phosphoric acid groups is 1. The molecule has 0 spiro atoms. The topological polar surface area (TPSA) is 155 Å². The number of nitrogens with two attached hydrogens (primary N) is 1. The Kier molecular flexibility index (Phi) is 31.0. The summed E-state index contributed by atoms with van der Waals surface area (Å²) in [5.74, 6) is -1.80. The number of aliphatic carboxylic acids is 1. The van der Waals surface area contributed by atoms with Crippen LogP contribution in [0.5, 0.6) is 0 Å². The van der Waals surface area contributed by atoms with Crippen LogP contribution in [-0.2, 0) is 32.7 Å². The van der Waals surface area contributed by atoms with Crippen LogP contribution in [0.3, 0.4) is 0 Å². The van der Waals surface area contributed by atoms with Gasteiger partial charge in [0.2, 0.25) is 0 Å². The van der Waals surface area contributed by atoms with E-state index in [2.05, 4.69) is 67.0 Å². The van der Waals surface area contributed by atoms with Crippen LogP contribution in [0.2, 0.25) is 0 Å². The maximum absolute atomic E-state index is 12.5. The van der Waals surface area contributed by atoms with E-state index in [1.165, 1.54) is 32.1 Å². The van der Waals surface area contributed by atoms with Crippen molar-refractivity contribution in [3.05, 3.63) is 48.6 Å². The number of esters is 1. The van der Waals surface area contributed by atoms with Gasteiger partial charge < -0.3 is 25.2 Å². The van der Waals surface area contributed by atoms with Crippen LogP contribution in [0, 0.1) is 0 Å². The zero-order valence-electron chi connectivity index (χ0n) is 29.1. The first-order chi connectivity index (χ1) is 22.7. The summed E-state index contributed by atoms with van der Waals surface area (Å²) in [7, 11) is -4.61. The summed E-state index contributed by atoms with van der Waals surface area (Å²) in [6.45, 7) is 3.63. The molecule has 0 aliphatic rings. The molecule has 11 heteroatoms. The van der Waals surface area contributed by atoms with Crippen LogP contribution in [0.1, 0.15) is 129 Å². The molecule has 0 bridgehead atoms. The zero-order chi connectivity index (χ0) is 34.9. The number of carboxylic acid groups (broad SMARTS) is 1. The Labute approximate surface area is 284 Å². The number of carbonyl (C=O) groups excluding carboxylic acids is 1. The number of hydrogen-bond acceptors (Lipinski definition) is 8. The van der Waals surface area contributed by atoms with Gasteiger partial charge in [0.05, 0.1) is 19.8 Å². The molecule has 47 heavy (non-hydrogen) atoms. The van der Waals surface area contributed by atoms with Gasteiger partial charge in [-0.25, -0.2) is 4.57 Å². The second kappa shape index (κ2) is 32.5. The molecule has 272 valence electrons. The van der Waals surface area contributed by atoms with E-state index >= 15 is 0 Å². The summed E-state index contributed by atoms with van der Waals surface area (Å²) in [5.41, 5.74) is 5.32. The van der Waals surface area contributed by atoms with Gasteiger partial charge in [0.25, 0.3) is 0 Å². The van der Waals surface area contributed by atoms with E-state index < -0.39 is 45.1 Å². The Hall–Kier alpha value is -2.07. The largest absolute Gasteiger partial charge is 0.480 e. The smallest absolute Gasteiger partial charge is 0.472 e. The maximum atomic E-state index is 12.5. The SMILES string of the molecule is CC/C=C\C/C=C\C/C=C\C/C=C\CCCCCOCC(COP(=O)(O)OCC(N)C(=O)O)OC(=O)CCCCCCCCCCC. The number of carbonyl (C=O) groups is 2. The predicted octanol–water partition coefficient (Wildman–Crippen LogP) is 8.75. The van der Waals surface area contributed by atoms with Crippen molar-refractivity contribution in [2.75, 3.05) is 26.4 Å². The Morgan fingerprint density at radius 1 is 0.702 bits per heavy atom. The third kappa shape index (κ3) is 32.3. The fourth-order valence-electron chi connectivity index (χ4n) is 4.36. The Bertz CT molecular complexity index is 935. The van der Waals surface area contributed by atoms with Crippen molar-refractivity contribution < 1.29 is 42.7 Å². The summed E-state index contributed by atoms with van der Waals surface area (Å²) < 4.78 is 33.0. The van der Waals surface area contributed by atoms with Crippen molar-refractivity contribution >= 4 is 19.8 Å². The van der Waals surface area contributed by atoms with Gasteiger partial charge in [-0.05, 0) is 51.4 Å². The van der Waals surface area contributed by atoms with Crippen LogP contribution >= 0.6 is 7.82 Å². The molecule has 3 atom stereocenters. The minimum absolute atomic E-state index is 0.00495. The number of allylic oxidation sites excluding steroid dienone is 8. The van der Waals surface area contributed by atoms with Crippen LogP contribution < -0.4 is 5.73 Å². The second-order valence-electron chi connectivity index (χ2n) is 11.6. The zero-order valence-corrected chi connectivity index (χ0v) is 30.0. The molecule has 10 nitrogen and oxygen atoms in total. The molecule has 0 aliphatic heterocycles. The molecule has 0 heterocycles. The maximum Gasteiger partial charge on any atom is 0.472 e. The summed E-state index contributed by atoms with van der Waals surface area (Å²) in [4.78, 5) is 33.2. The fourth-order valence-corrected chi connectivity index (χ4v) is 5.13. The standard InChI is InChI=1S/C36H64NO9P/c1-3-5-7-9-11-13-14-15-16-17-18-19-21-23-25-27-29-43-30-33(31-44-47(41,42)45-32-34(37)36(39)40)46-35(38)28-26-24-22-20-12-10-8-6-4-2/h5,7,11,13,15-16,18-19,33-34H,3-4,6,8-10,12,14,17,20-32,37H2,1-2H3,(H,39,40)(H,41,42)/b7-5-,13-11-,16-15-,19-18-. The molecule has 0 radical (unpaired) electrons. The molecule has 0 fully saturated rings. The summed E-state index contributed by atoms with van der Waals surface area (Å²) in [6, 6.07) is -1.48. The van der Waals surface area contributed by atoms with Gasteiger partial charge in [0.1, 0.15) is 12.1 Å². The number of hydrogen-bond donors (Lipinski definition) is 3. The lowest BCUT2D eigenvalue weighted by Crippen LogP contribution is -2.34. The minimum Gasteiger partial charge on any atom is -0.480 e. The van der Waals surface area contributed by atoms with E-state index in [1.807, 2.05) is 0 Å². The molecule has 4 N–H and O–H groups in total. The van der Waals surface area contributed by atoms with Gasteiger partial charge >= 0.3 is 19.8 Å². The van der Waals surface area contributed by atoms with E-state index in [4.69, 9.17) is 24.8 Å². The van der Waals surface area contributed by atoms with Crippen molar-refractivity contribution in [1.29, 1.82) is 0 Å². The number of unbranched alkanes of at least 4 members (excludes halogenated alkanes) is 11. The normalized spacial score (nSPS) is 14.8. The highest BCUT2D eigenvalue weighted by atomic mass is 31.2. The lowest BCUT2D eigenvalue weighted by molar-refractivity contribution is -0.154. The van der Waals surface area contributed by atoms with Gasteiger partial charge in [0, 0.05) is 13.0 Å². The Balaban J connectivity index is 4.38. The van der Waals surface area contributed by atoms with Crippen molar-refractivity contribution in [3.8, 4) is 0 Å². The van der Waals surface area contributed by atoms with E-state index in [0.717, 1.165) is 70.6 Å². The van der Waals surface area contributed by atoms with E-state index in [9.17, 15) is 19.0 Å². The van der Waals surface area contributed by atoms with Crippen LogP contribution in [0.15, 0.2) is 48.6 Å². The first-order valence-corrected chi connectivity index (χ1v) is 19.2. The molecule has 0 aromatic heterocycles. The third-order valence-corrected chi connectivity index (χ3v) is 8.07. The highest BCUT2D eigenvalue weighted by Crippen LogP contribution is 2.43.